The molecule has 1 rings (SSSR count). The lowest BCUT2D eigenvalue weighted by Crippen LogP contribution is -2.48. The van der Waals surface area contributed by atoms with Gasteiger partial charge in [0.15, 0.2) is 0 Å². The van der Waals surface area contributed by atoms with Crippen LogP contribution < -0.4 is 5.32 Å². The van der Waals surface area contributed by atoms with Crippen molar-refractivity contribution in [3.8, 4) is 0 Å². The molecule has 1 aliphatic carbocycles. The van der Waals surface area contributed by atoms with Gasteiger partial charge in [0.1, 0.15) is 0 Å². The Morgan fingerprint density at radius 2 is 1.89 bits per heavy atom. The normalized spacial score (nSPS) is 25.3. The molecule has 0 aliphatic heterocycles. The molecular weight excluding hydrogens is 236 g/mol. The van der Waals surface area contributed by atoms with Gasteiger partial charge in [-0.2, -0.15) is 0 Å². The van der Waals surface area contributed by atoms with Crippen molar-refractivity contribution >= 4 is 0 Å². The van der Waals surface area contributed by atoms with E-state index in [2.05, 4.69) is 45.0 Å². The number of aliphatic hydroxyl groups excluding tert-OH is 1. The third-order valence-corrected chi connectivity index (χ3v) is 4.09. The van der Waals surface area contributed by atoms with Crippen molar-refractivity contribution in [1.29, 1.82) is 0 Å². The second-order valence-electron chi connectivity index (χ2n) is 7.52. The number of nitrogens with one attached hydrogen (secondary N) is 1. The molecule has 0 amide bonds. The minimum absolute atomic E-state index is 0.127. The number of hydrogen-bond donors (Lipinski definition) is 2. The highest BCUT2D eigenvalue weighted by atomic mass is 16.3. The molecule has 0 heterocycles. The van der Waals surface area contributed by atoms with E-state index in [1.165, 1.54) is 12.8 Å². The molecule has 0 spiro atoms. The standard InChI is InChI=1S/C16H34N2O/c1-13(2)10-17-11-16(3,4)12-18(5)14-8-6-7-9-15(14)19/h13-15,17,19H,6-12H2,1-5H3. The van der Waals surface area contributed by atoms with Crippen LogP contribution in [-0.2, 0) is 0 Å². The van der Waals surface area contributed by atoms with Crippen LogP contribution in [0.4, 0.5) is 0 Å². The first-order chi connectivity index (χ1) is 8.82. The molecule has 19 heavy (non-hydrogen) atoms. The molecular formula is C16H34N2O. The van der Waals surface area contributed by atoms with Gasteiger partial charge in [-0.05, 0) is 37.8 Å². The minimum Gasteiger partial charge on any atom is -0.391 e. The Morgan fingerprint density at radius 3 is 2.47 bits per heavy atom. The summed E-state index contributed by atoms with van der Waals surface area (Å²) in [5, 5.41) is 13.7. The zero-order valence-electron chi connectivity index (χ0n) is 13.6. The first kappa shape index (κ1) is 16.9. The van der Waals surface area contributed by atoms with Crippen molar-refractivity contribution in [2.24, 2.45) is 11.3 Å². The number of hydrogen-bond acceptors (Lipinski definition) is 3. The largest absolute Gasteiger partial charge is 0.391 e. The van der Waals surface area contributed by atoms with Crippen LogP contribution in [0.15, 0.2) is 0 Å². The highest BCUT2D eigenvalue weighted by molar-refractivity contribution is 4.85. The molecule has 2 atom stereocenters. The molecule has 1 saturated carbocycles. The van der Waals surface area contributed by atoms with Crippen molar-refractivity contribution in [1.82, 2.24) is 10.2 Å². The summed E-state index contributed by atoms with van der Waals surface area (Å²) in [6.07, 6.45) is 4.44. The fourth-order valence-corrected chi connectivity index (χ4v) is 3.15. The smallest absolute Gasteiger partial charge is 0.0695 e. The van der Waals surface area contributed by atoms with E-state index in [1.807, 2.05) is 0 Å². The average molecular weight is 270 g/mol. The predicted octanol–water partition coefficient (Wildman–Crippen LogP) is 2.49. The van der Waals surface area contributed by atoms with Crippen LogP contribution in [-0.4, -0.2) is 48.8 Å². The van der Waals surface area contributed by atoms with E-state index >= 15 is 0 Å². The molecule has 0 saturated heterocycles. The topological polar surface area (TPSA) is 35.5 Å². The van der Waals surface area contributed by atoms with Gasteiger partial charge in [-0.25, -0.2) is 0 Å². The Morgan fingerprint density at radius 1 is 1.26 bits per heavy atom. The van der Waals surface area contributed by atoms with Gasteiger partial charge in [-0.1, -0.05) is 40.5 Å². The Hall–Kier alpha value is -0.120. The molecule has 1 aliphatic rings. The number of rotatable bonds is 7. The molecule has 2 N–H and O–H groups in total. The van der Waals surface area contributed by atoms with Crippen molar-refractivity contribution < 1.29 is 5.11 Å². The summed E-state index contributed by atoms with van der Waals surface area (Å²) in [5.41, 5.74) is 0.251. The predicted molar refractivity (Wildman–Crippen MR) is 82.4 cm³/mol. The second-order valence-corrected chi connectivity index (χ2v) is 7.52. The number of nitrogens with zero attached hydrogens (tertiary/aromatic N) is 1. The Kier molecular flexibility index (Phi) is 6.78. The van der Waals surface area contributed by atoms with E-state index < -0.39 is 0 Å². The maximum absolute atomic E-state index is 10.1. The maximum atomic E-state index is 10.1. The highest BCUT2D eigenvalue weighted by Crippen LogP contribution is 2.25. The number of likely N-dealkylation sites (N-methyl/N-ethyl adjacent to an activating group) is 1. The first-order valence-electron chi connectivity index (χ1n) is 7.91. The van der Waals surface area contributed by atoms with Gasteiger partial charge in [-0.15, -0.1) is 0 Å². The first-order valence-corrected chi connectivity index (χ1v) is 7.91. The summed E-state index contributed by atoms with van der Waals surface area (Å²) in [5.74, 6) is 0.702. The summed E-state index contributed by atoms with van der Waals surface area (Å²) >= 11 is 0. The van der Waals surface area contributed by atoms with Crippen LogP contribution in [0.2, 0.25) is 0 Å². The summed E-state index contributed by atoms with van der Waals surface area (Å²) in [7, 11) is 2.17. The lowest BCUT2D eigenvalue weighted by molar-refractivity contribution is 0.0171. The highest BCUT2D eigenvalue weighted by Gasteiger charge is 2.30. The van der Waals surface area contributed by atoms with Gasteiger partial charge < -0.3 is 15.3 Å². The third kappa shape index (κ3) is 6.24. The van der Waals surface area contributed by atoms with E-state index in [9.17, 15) is 5.11 Å². The molecule has 3 nitrogen and oxygen atoms in total. The molecule has 2 unspecified atom stereocenters. The molecule has 0 aromatic heterocycles. The van der Waals surface area contributed by atoms with E-state index in [0.717, 1.165) is 32.5 Å². The van der Waals surface area contributed by atoms with E-state index in [-0.39, 0.29) is 11.5 Å². The lowest BCUT2D eigenvalue weighted by atomic mass is 9.88. The van der Waals surface area contributed by atoms with Gasteiger partial charge in [0.2, 0.25) is 0 Å². The van der Waals surface area contributed by atoms with Crippen molar-refractivity contribution in [2.75, 3.05) is 26.7 Å². The van der Waals surface area contributed by atoms with Crippen LogP contribution in [0.5, 0.6) is 0 Å². The van der Waals surface area contributed by atoms with E-state index in [4.69, 9.17) is 0 Å². The Bertz CT molecular complexity index is 253. The monoisotopic (exact) mass is 270 g/mol. The van der Waals surface area contributed by atoms with Gasteiger partial charge in [0, 0.05) is 19.1 Å². The van der Waals surface area contributed by atoms with Crippen LogP contribution in [0.3, 0.4) is 0 Å². The van der Waals surface area contributed by atoms with Crippen LogP contribution in [0, 0.1) is 11.3 Å². The SMILES string of the molecule is CC(C)CNCC(C)(C)CN(C)C1CCCCC1O. The molecule has 0 radical (unpaired) electrons. The van der Waals surface area contributed by atoms with Crippen LogP contribution in [0.25, 0.3) is 0 Å². The van der Waals surface area contributed by atoms with Crippen molar-refractivity contribution in [2.45, 2.75) is 65.5 Å². The molecule has 114 valence electrons. The molecule has 0 aromatic rings. The fraction of sp³-hybridized carbons (Fsp3) is 1.00. The van der Waals surface area contributed by atoms with Gasteiger partial charge in [-0.3, -0.25) is 0 Å². The van der Waals surface area contributed by atoms with Crippen molar-refractivity contribution in [3.05, 3.63) is 0 Å². The summed E-state index contributed by atoms with van der Waals surface area (Å²) < 4.78 is 0. The zero-order valence-corrected chi connectivity index (χ0v) is 13.6. The van der Waals surface area contributed by atoms with E-state index in [0.29, 0.717) is 12.0 Å². The minimum atomic E-state index is -0.127. The number of aliphatic hydroxyl groups is 1. The van der Waals surface area contributed by atoms with Crippen molar-refractivity contribution in [3.63, 3.8) is 0 Å². The Labute approximate surface area is 119 Å². The average Bonchev–Trinajstić information content (AvgIpc) is 2.27. The molecule has 3 heteroatoms. The van der Waals surface area contributed by atoms with E-state index in [1.54, 1.807) is 0 Å². The van der Waals surface area contributed by atoms with Crippen LogP contribution in [0.1, 0.15) is 53.4 Å². The maximum Gasteiger partial charge on any atom is 0.0695 e. The second kappa shape index (κ2) is 7.61. The van der Waals surface area contributed by atoms with Gasteiger partial charge in [0.25, 0.3) is 0 Å². The summed E-state index contributed by atoms with van der Waals surface area (Å²) in [6, 6.07) is 0.359. The summed E-state index contributed by atoms with van der Waals surface area (Å²) in [4.78, 5) is 2.38. The summed E-state index contributed by atoms with van der Waals surface area (Å²) in [6.45, 7) is 12.3. The lowest BCUT2D eigenvalue weighted by Gasteiger charge is -2.39. The van der Waals surface area contributed by atoms with Gasteiger partial charge >= 0.3 is 0 Å². The zero-order chi connectivity index (χ0) is 14.5. The fourth-order valence-electron chi connectivity index (χ4n) is 3.15. The molecule has 0 aromatic carbocycles. The third-order valence-electron chi connectivity index (χ3n) is 4.09. The van der Waals surface area contributed by atoms with Crippen LogP contribution >= 0.6 is 0 Å². The van der Waals surface area contributed by atoms with Gasteiger partial charge in [0.05, 0.1) is 6.10 Å². The molecule has 0 bridgehead atoms. The Balaban J connectivity index is 2.38. The molecule has 1 fully saturated rings. The quantitative estimate of drug-likeness (QED) is 0.746.